The van der Waals surface area contributed by atoms with Crippen LogP contribution in [0, 0.1) is 17.8 Å². The number of hydrogen-bond acceptors (Lipinski definition) is 9. The number of anilines is 1. The number of phenols is 2. The zero-order valence-corrected chi connectivity index (χ0v) is 23.4. The van der Waals surface area contributed by atoms with Gasteiger partial charge in [0.2, 0.25) is 17.6 Å². The highest BCUT2D eigenvalue weighted by atomic mass is 16.5. The van der Waals surface area contributed by atoms with Crippen LogP contribution in [0.3, 0.4) is 0 Å². The van der Waals surface area contributed by atoms with E-state index in [1.807, 2.05) is 6.08 Å². The van der Waals surface area contributed by atoms with Gasteiger partial charge >= 0.3 is 5.97 Å². The molecule has 2 aromatic rings. The van der Waals surface area contributed by atoms with Crippen LogP contribution >= 0.6 is 0 Å². The topological polar surface area (TPSA) is 168 Å². The van der Waals surface area contributed by atoms with Gasteiger partial charge in [-0.05, 0) is 61.6 Å². The van der Waals surface area contributed by atoms with Gasteiger partial charge in [-0.2, -0.15) is 0 Å². The van der Waals surface area contributed by atoms with Crippen LogP contribution in [0.1, 0.15) is 41.6 Å². The van der Waals surface area contributed by atoms with Crippen LogP contribution < -0.4 is 14.4 Å². The zero-order valence-electron chi connectivity index (χ0n) is 23.4. The number of allylic oxidation sites excluding steroid dienone is 6. The van der Waals surface area contributed by atoms with Gasteiger partial charge in [0, 0.05) is 28.7 Å². The standard InChI is InChI=1S/C32H27NO10/c1-13-8-22(35)27-20(28(13)36)12-19-16(25(27)14-9-23(42-2)29(37)24(10-14)43-3)6-7-18-26(19)31(39)33(30(18)38)15-4-5-17(32(40)41)21(34)11-15/h4-6,8-11,18-19,25-26,34,37H,7,12H2,1-3H3,(H,40,41)/t18-,19+,25-,26-/m0/s1. The lowest BCUT2D eigenvalue weighted by Gasteiger charge is -2.42. The summed E-state index contributed by atoms with van der Waals surface area (Å²) in [7, 11) is 2.74. The number of phenolic OH excluding ortho intramolecular Hbond substituents is 1. The van der Waals surface area contributed by atoms with E-state index in [-0.39, 0.29) is 69.6 Å². The van der Waals surface area contributed by atoms with Crippen molar-refractivity contribution in [1.29, 1.82) is 0 Å². The molecule has 0 bridgehead atoms. The maximum atomic E-state index is 14.0. The second kappa shape index (κ2) is 9.97. The van der Waals surface area contributed by atoms with Crippen LogP contribution in [0.25, 0.3) is 0 Å². The second-order valence-corrected chi connectivity index (χ2v) is 11.0. The summed E-state index contributed by atoms with van der Waals surface area (Å²) < 4.78 is 10.7. The number of fused-ring (bicyclic) bond motifs is 3. The first-order valence-corrected chi connectivity index (χ1v) is 13.6. The van der Waals surface area contributed by atoms with Crippen molar-refractivity contribution in [3.05, 3.63) is 75.9 Å². The molecule has 1 fully saturated rings. The number of carboxylic acids is 1. The van der Waals surface area contributed by atoms with Crippen molar-refractivity contribution >= 4 is 35.0 Å². The van der Waals surface area contributed by atoms with Gasteiger partial charge in [-0.3, -0.25) is 19.2 Å². The van der Waals surface area contributed by atoms with Gasteiger partial charge in [-0.1, -0.05) is 11.6 Å². The van der Waals surface area contributed by atoms with Crippen molar-refractivity contribution in [3.63, 3.8) is 0 Å². The largest absolute Gasteiger partial charge is 0.507 e. The Hall–Kier alpha value is -5.19. The Morgan fingerprint density at radius 2 is 1.63 bits per heavy atom. The van der Waals surface area contributed by atoms with E-state index in [9.17, 15) is 39.3 Å². The quantitative estimate of drug-likeness (QED) is 0.269. The molecule has 0 spiro atoms. The highest BCUT2D eigenvalue weighted by Crippen LogP contribution is 2.56. The summed E-state index contributed by atoms with van der Waals surface area (Å²) in [5, 5.41) is 30.1. The van der Waals surface area contributed by atoms with Gasteiger partial charge in [0.1, 0.15) is 11.3 Å². The lowest BCUT2D eigenvalue weighted by Crippen LogP contribution is -2.39. The Balaban J connectivity index is 1.49. The van der Waals surface area contributed by atoms with E-state index in [1.165, 1.54) is 26.4 Å². The van der Waals surface area contributed by atoms with Gasteiger partial charge in [-0.15, -0.1) is 0 Å². The van der Waals surface area contributed by atoms with E-state index >= 15 is 0 Å². The van der Waals surface area contributed by atoms with Crippen molar-refractivity contribution in [3.8, 4) is 23.0 Å². The first-order chi connectivity index (χ1) is 20.5. The number of imide groups is 1. The normalized spacial score (nSPS) is 24.7. The minimum Gasteiger partial charge on any atom is -0.507 e. The van der Waals surface area contributed by atoms with Crippen molar-refractivity contribution in [2.75, 3.05) is 19.1 Å². The third kappa shape index (κ3) is 4.06. The van der Waals surface area contributed by atoms with E-state index in [0.717, 1.165) is 17.0 Å². The van der Waals surface area contributed by atoms with Crippen LogP contribution in [0.4, 0.5) is 5.69 Å². The fraction of sp³-hybridized carbons (Fsp3) is 0.281. The number of hydrogen-bond donors (Lipinski definition) is 3. The summed E-state index contributed by atoms with van der Waals surface area (Å²) >= 11 is 0. The molecule has 3 aliphatic carbocycles. The highest BCUT2D eigenvalue weighted by molar-refractivity contribution is 6.25. The number of benzene rings is 2. The third-order valence-corrected chi connectivity index (χ3v) is 8.87. The molecule has 2 aromatic carbocycles. The number of Topliss-reactive ketones (excluding diaryl/α,β-unsaturated/α-hetero) is 1. The number of nitrogens with zero attached hydrogens (tertiary/aromatic N) is 1. The lowest BCUT2D eigenvalue weighted by atomic mass is 9.59. The van der Waals surface area contributed by atoms with Crippen LogP contribution in [-0.4, -0.2) is 58.9 Å². The summed E-state index contributed by atoms with van der Waals surface area (Å²) in [4.78, 5) is 67.0. The van der Waals surface area contributed by atoms with Gasteiger partial charge < -0.3 is 24.8 Å². The number of carbonyl (C=O) groups excluding carboxylic acids is 4. The van der Waals surface area contributed by atoms with Crippen molar-refractivity contribution in [1.82, 2.24) is 0 Å². The molecule has 220 valence electrons. The molecular formula is C32H27NO10. The molecule has 0 aromatic heterocycles. The molecule has 1 aliphatic heterocycles. The summed E-state index contributed by atoms with van der Waals surface area (Å²) in [5.41, 5.74) is 1.67. The smallest absolute Gasteiger partial charge is 0.339 e. The second-order valence-electron chi connectivity index (χ2n) is 11.0. The van der Waals surface area contributed by atoms with Gasteiger partial charge in [0.25, 0.3) is 0 Å². The number of rotatable bonds is 5. The number of methoxy groups -OCH3 is 2. The number of aromatic hydroxyl groups is 2. The molecule has 0 radical (unpaired) electrons. The minimum absolute atomic E-state index is 0.0384. The minimum atomic E-state index is -1.36. The molecule has 0 unspecified atom stereocenters. The highest BCUT2D eigenvalue weighted by Gasteiger charge is 2.56. The number of carboxylic acid groups (broad SMARTS) is 1. The Labute approximate surface area is 245 Å². The number of ether oxygens (including phenoxy) is 2. The summed E-state index contributed by atoms with van der Waals surface area (Å²) in [6.45, 7) is 1.56. The van der Waals surface area contributed by atoms with Crippen LogP contribution in [0.15, 0.2) is 64.8 Å². The van der Waals surface area contributed by atoms with E-state index in [4.69, 9.17) is 9.47 Å². The van der Waals surface area contributed by atoms with E-state index in [2.05, 4.69) is 0 Å². The molecule has 4 aliphatic rings. The summed E-state index contributed by atoms with van der Waals surface area (Å²) in [5.74, 6) is -6.74. The van der Waals surface area contributed by atoms with Crippen molar-refractivity contribution in [2.45, 2.75) is 25.7 Å². The number of aromatic carboxylic acids is 1. The molecule has 3 N–H and O–H groups in total. The molecule has 2 amide bonds. The van der Waals surface area contributed by atoms with Gasteiger partial charge in [0.15, 0.2) is 23.1 Å². The summed E-state index contributed by atoms with van der Waals surface area (Å²) in [6.07, 6.45) is 3.39. The predicted molar refractivity (Wildman–Crippen MR) is 150 cm³/mol. The van der Waals surface area contributed by atoms with E-state index in [0.29, 0.717) is 11.1 Å². The number of carbonyl (C=O) groups is 5. The first kappa shape index (κ1) is 28.0. The van der Waals surface area contributed by atoms with Gasteiger partial charge in [0.05, 0.1) is 31.7 Å². The first-order valence-electron chi connectivity index (χ1n) is 13.6. The molecule has 1 saturated heterocycles. The maximum absolute atomic E-state index is 14.0. The fourth-order valence-electron chi connectivity index (χ4n) is 6.94. The third-order valence-electron chi connectivity index (χ3n) is 8.87. The Morgan fingerprint density at radius 3 is 2.23 bits per heavy atom. The number of amides is 2. The van der Waals surface area contributed by atoms with Gasteiger partial charge in [-0.25, -0.2) is 9.69 Å². The Kier molecular flexibility index (Phi) is 6.48. The summed E-state index contributed by atoms with van der Waals surface area (Å²) in [6, 6.07) is 6.61. The molecular weight excluding hydrogens is 558 g/mol. The number of ketones is 2. The molecule has 1 heterocycles. The predicted octanol–water partition coefficient (Wildman–Crippen LogP) is 3.45. The van der Waals surface area contributed by atoms with Crippen LogP contribution in [-0.2, 0) is 19.2 Å². The Morgan fingerprint density at radius 1 is 0.953 bits per heavy atom. The van der Waals surface area contributed by atoms with Crippen LogP contribution in [0.2, 0.25) is 0 Å². The Bertz CT molecular complexity index is 1740. The van der Waals surface area contributed by atoms with Crippen molar-refractivity contribution < 1.29 is 48.8 Å². The fourth-order valence-corrected chi connectivity index (χ4v) is 6.94. The van der Waals surface area contributed by atoms with E-state index in [1.54, 1.807) is 19.1 Å². The molecule has 0 saturated carbocycles. The maximum Gasteiger partial charge on any atom is 0.339 e. The monoisotopic (exact) mass is 585 g/mol. The molecule has 43 heavy (non-hydrogen) atoms. The average molecular weight is 586 g/mol. The molecule has 11 heteroatoms. The van der Waals surface area contributed by atoms with E-state index < -0.39 is 47.2 Å². The molecule has 6 rings (SSSR count). The lowest BCUT2D eigenvalue weighted by molar-refractivity contribution is -0.123. The van der Waals surface area contributed by atoms with Crippen molar-refractivity contribution in [2.24, 2.45) is 17.8 Å². The van der Waals surface area contributed by atoms with Crippen LogP contribution in [0.5, 0.6) is 23.0 Å². The molecule has 4 atom stereocenters. The SMILES string of the molecule is COc1cc([C@H]2C3=CC[C@@H]4C(=O)N(c5ccc(C(=O)O)c(O)c5)C(=O)[C@@H]4[C@@H]3CC3=C2C(=O)C=C(C)C3=O)cc(OC)c1O. The average Bonchev–Trinajstić information content (AvgIpc) is 3.24. The zero-order chi connectivity index (χ0) is 30.9. The molecule has 11 nitrogen and oxygen atoms in total.